The normalized spacial score (nSPS) is 11.1. The number of hydrogen-bond donors (Lipinski definition) is 2. The number of carbonyl (C=O) groups excluding carboxylic acids is 1. The quantitative estimate of drug-likeness (QED) is 0.476. The Labute approximate surface area is 145 Å². The van der Waals surface area contributed by atoms with Gasteiger partial charge in [0.05, 0.1) is 17.6 Å². The maximum atomic E-state index is 12.2. The number of halogens is 1. The first-order valence-corrected chi connectivity index (χ1v) is 7.51. The van der Waals surface area contributed by atoms with Crippen LogP contribution in [-0.2, 0) is 4.74 Å². The van der Waals surface area contributed by atoms with Gasteiger partial charge < -0.3 is 15.8 Å². The van der Waals surface area contributed by atoms with E-state index in [0.717, 1.165) is 17.6 Å². The van der Waals surface area contributed by atoms with E-state index in [1.54, 1.807) is 18.2 Å². The molecule has 124 valence electrons. The van der Waals surface area contributed by atoms with E-state index in [9.17, 15) is 4.79 Å². The largest absolute Gasteiger partial charge is 0.439 e. The number of benzene rings is 2. The van der Waals surface area contributed by atoms with Crippen molar-refractivity contribution in [3.05, 3.63) is 58.6 Å². The molecule has 0 aliphatic carbocycles. The van der Waals surface area contributed by atoms with Gasteiger partial charge in [0.1, 0.15) is 6.34 Å². The summed E-state index contributed by atoms with van der Waals surface area (Å²) in [7, 11) is 0. The number of carbonyl (C=O) groups is 1. The summed E-state index contributed by atoms with van der Waals surface area (Å²) in [5, 5.41) is 3.86. The van der Waals surface area contributed by atoms with Crippen LogP contribution in [0, 0.1) is 6.92 Å². The molecule has 0 spiro atoms. The zero-order valence-corrected chi connectivity index (χ0v) is 13.8. The molecule has 0 fully saturated rings. The lowest BCUT2D eigenvalue weighted by atomic mass is 10.1. The van der Waals surface area contributed by atoms with Gasteiger partial charge in [-0.3, -0.25) is 0 Å². The molecule has 2 aromatic carbocycles. The summed E-state index contributed by atoms with van der Waals surface area (Å²) in [6.45, 7) is 1.76. The topological polar surface area (TPSA) is 89.1 Å². The number of nitrogens with one attached hydrogen (secondary N) is 1. The minimum Gasteiger partial charge on any atom is -0.439 e. The Balaban J connectivity index is 2.15. The summed E-state index contributed by atoms with van der Waals surface area (Å²) in [5.41, 5.74) is 7.80. The second kappa shape index (κ2) is 8.69. The van der Waals surface area contributed by atoms with Crippen molar-refractivity contribution in [1.29, 1.82) is 0 Å². The zero-order valence-electron chi connectivity index (χ0n) is 13.1. The van der Waals surface area contributed by atoms with Crippen LogP contribution < -0.4 is 11.1 Å². The minimum absolute atomic E-state index is 0.138. The van der Waals surface area contributed by atoms with E-state index in [1.807, 2.05) is 31.2 Å². The Bertz CT molecular complexity index is 775. The van der Waals surface area contributed by atoms with Crippen molar-refractivity contribution in [2.24, 2.45) is 15.7 Å². The first-order valence-electron chi connectivity index (χ1n) is 7.13. The average molecular weight is 345 g/mol. The molecule has 0 atom stereocenters. The highest BCUT2D eigenvalue weighted by atomic mass is 35.5. The fraction of sp³-hybridized carbons (Fsp3) is 0.118. The molecule has 3 N–H and O–H groups in total. The smallest absolute Gasteiger partial charge is 0.342 e. The van der Waals surface area contributed by atoms with Gasteiger partial charge in [0.2, 0.25) is 0 Å². The predicted octanol–water partition coefficient (Wildman–Crippen LogP) is 3.52. The maximum absolute atomic E-state index is 12.2. The van der Waals surface area contributed by atoms with Crippen LogP contribution in [-0.4, -0.2) is 25.4 Å². The van der Waals surface area contributed by atoms with Gasteiger partial charge in [0.25, 0.3) is 0 Å². The first-order chi connectivity index (χ1) is 11.6. The molecule has 0 unspecified atom stereocenters. The van der Waals surface area contributed by atoms with Crippen molar-refractivity contribution in [2.75, 3.05) is 12.0 Å². The molecule has 2 aromatic rings. The van der Waals surface area contributed by atoms with Crippen LogP contribution in [0.1, 0.15) is 15.9 Å². The molecule has 0 heterocycles. The van der Waals surface area contributed by atoms with Crippen molar-refractivity contribution in [2.45, 2.75) is 6.92 Å². The van der Waals surface area contributed by atoms with Gasteiger partial charge in [-0.15, -0.1) is 0 Å². The lowest BCUT2D eigenvalue weighted by Gasteiger charge is -2.13. The summed E-state index contributed by atoms with van der Waals surface area (Å²) >= 11 is 6.12. The Morgan fingerprint density at radius 3 is 2.79 bits per heavy atom. The second-order valence-corrected chi connectivity index (χ2v) is 5.15. The van der Waals surface area contributed by atoms with Crippen LogP contribution in [0.3, 0.4) is 0 Å². The summed E-state index contributed by atoms with van der Waals surface area (Å²) < 4.78 is 5.09. The van der Waals surface area contributed by atoms with Crippen LogP contribution in [0.15, 0.2) is 52.4 Å². The number of para-hydroxylation sites is 1. The third-order valence-electron chi connectivity index (χ3n) is 3.19. The third kappa shape index (κ3) is 4.57. The van der Waals surface area contributed by atoms with Gasteiger partial charge >= 0.3 is 5.97 Å². The lowest BCUT2D eigenvalue weighted by molar-refractivity contribution is 0.0519. The average Bonchev–Trinajstić information content (AvgIpc) is 2.59. The van der Waals surface area contributed by atoms with E-state index in [4.69, 9.17) is 22.1 Å². The molecule has 24 heavy (non-hydrogen) atoms. The standard InChI is InChI=1S/C17H17ClN4O2/c1-12-14(18)6-4-8-15(12)22-16-7-3-2-5-13(16)17(23)24-11-21-10-20-9-19/h2-10,22H,11H2,1H3,(H2,19,20,21). The number of rotatable bonds is 6. The fourth-order valence-corrected chi connectivity index (χ4v) is 2.13. The number of ether oxygens (including phenoxy) is 1. The molecule has 0 saturated carbocycles. The number of hydrogen-bond acceptors (Lipinski definition) is 4. The Kier molecular flexibility index (Phi) is 6.33. The van der Waals surface area contributed by atoms with Gasteiger partial charge in [0.15, 0.2) is 6.73 Å². The highest BCUT2D eigenvalue weighted by molar-refractivity contribution is 6.31. The van der Waals surface area contributed by atoms with Crippen LogP contribution in [0.4, 0.5) is 11.4 Å². The van der Waals surface area contributed by atoms with Crippen molar-refractivity contribution >= 4 is 41.6 Å². The molecule has 0 saturated heterocycles. The monoisotopic (exact) mass is 344 g/mol. The van der Waals surface area contributed by atoms with Crippen molar-refractivity contribution < 1.29 is 9.53 Å². The summed E-state index contributed by atoms with van der Waals surface area (Å²) in [4.78, 5) is 19.6. The Hall–Kier alpha value is -2.86. The van der Waals surface area contributed by atoms with Crippen molar-refractivity contribution in [3.63, 3.8) is 0 Å². The van der Waals surface area contributed by atoms with Gasteiger partial charge in [-0.25, -0.2) is 14.8 Å². The van der Waals surface area contributed by atoms with Crippen LogP contribution in [0.25, 0.3) is 0 Å². The van der Waals surface area contributed by atoms with Gasteiger partial charge in [-0.2, -0.15) is 0 Å². The fourth-order valence-electron chi connectivity index (χ4n) is 1.95. The Morgan fingerprint density at radius 1 is 1.25 bits per heavy atom. The molecule has 0 radical (unpaired) electrons. The van der Waals surface area contributed by atoms with Crippen LogP contribution in [0.5, 0.6) is 0 Å². The van der Waals surface area contributed by atoms with Crippen molar-refractivity contribution in [1.82, 2.24) is 0 Å². The molecule has 0 amide bonds. The zero-order chi connectivity index (χ0) is 17.4. The second-order valence-electron chi connectivity index (χ2n) is 4.74. The number of nitrogens with zero attached hydrogens (tertiary/aromatic N) is 2. The van der Waals surface area contributed by atoms with E-state index in [1.165, 1.54) is 6.34 Å². The van der Waals surface area contributed by atoms with E-state index in [-0.39, 0.29) is 6.73 Å². The van der Waals surface area contributed by atoms with E-state index in [2.05, 4.69) is 15.3 Å². The maximum Gasteiger partial charge on any atom is 0.342 e. The van der Waals surface area contributed by atoms with E-state index < -0.39 is 5.97 Å². The lowest BCUT2D eigenvalue weighted by Crippen LogP contribution is -2.08. The highest BCUT2D eigenvalue weighted by Crippen LogP contribution is 2.28. The van der Waals surface area contributed by atoms with Crippen LogP contribution in [0.2, 0.25) is 5.02 Å². The van der Waals surface area contributed by atoms with Gasteiger partial charge in [-0.05, 0) is 36.8 Å². The molecule has 0 aliphatic heterocycles. The van der Waals surface area contributed by atoms with Crippen LogP contribution >= 0.6 is 11.6 Å². The highest BCUT2D eigenvalue weighted by Gasteiger charge is 2.13. The molecule has 7 heteroatoms. The molecule has 0 aliphatic rings. The summed E-state index contributed by atoms with van der Waals surface area (Å²) in [6, 6.07) is 12.6. The van der Waals surface area contributed by atoms with E-state index in [0.29, 0.717) is 16.3 Å². The molecule has 6 nitrogen and oxygen atoms in total. The Morgan fingerprint density at radius 2 is 2.00 bits per heavy atom. The number of aliphatic imine (C=N–C) groups is 2. The predicted molar refractivity (Wildman–Crippen MR) is 97.4 cm³/mol. The molecular formula is C17H17ClN4O2. The minimum atomic E-state index is -0.494. The number of esters is 1. The van der Waals surface area contributed by atoms with E-state index >= 15 is 0 Å². The molecule has 0 aromatic heterocycles. The molecule has 0 bridgehead atoms. The first kappa shape index (κ1) is 17.5. The molecular weight excluding hydrogens is 328 g/mol. The number of nitrogens with two attached hydrogens (primary N) is 1. The van der Waals surface area contributed by atoms with Crippen molar-refractivity contribution in [3.8, 4) is 0 Å². The third-order valence-corrected chi connectivity index (χ3v) is 3.60. The summed E-state index contributed by atoms with van der Waals surface area (Å²) in [6.07, 6.45) is 2.31. The van der Waals surface area contributed by atoms with Gasteiger partial charge in [-0.1, -0.05) is 29.8 Å². The summed E-state index contributed by atoms with van der Waals surface area (Å²) in [5.74, 6) is -0.494. The van der Waals surface area contributed by atoms with Gasteiger partial charge in [0, 0.05) is 10.7 Å². The molecule has 2 rings (SSSR count). The number of anilines is 2. The SMILES string of the molecule is Cc1c(Cl)cccc1Nc1ccccc1C(=O)OCN=CN=CN.